The van der Waals surface area contributed by atoms with Crippen LogP contribution in [0.25, 0.3) is 0 Å². The molecule has 2 rings (SSSR count). The van der Waals surface area contributed by atoms with Crippen LogP contribution in [0.2, 0.25) is 0 Å². The van der Waals surface area contributed by atoms with E-state index in [0.717, 1.165) is 5.92 Å². The van der Waals surface area contributed by atoms with E-state index < -0.39 is 0 Å². The van der Waals surface area contributed by atoms with Crippen LogP contribution in [0, 0.1) is 17.3 Å². The summed E-state index contributed by atoms with van der Waals surface area (Å²) in [4.78, 5) is 0. The van der Waals surface area contributed by atoms with Crippen LogP contribution in [-0.4, -0.2) is 23.8 Å². The van der Waals surface area contributed by atoms with Gasteiger partial charge < -0.3 is 10.4 Å². The first kappa shape index (κ1) is 14.3. The second-order valence-corrected chi connectivity index (χ2v) is 7.51. The molecular formula is C16H31NO. The topological polar surface area (TPSA) is 32.3 Å². The average molecular weight is 253 g/mol. The summed E-state index contributed by atoms with van der Waals surface area (Å²) in [5.74, 6) is 1.30. The first-order valence-corrected chi connectivity index (χ1v) is 7.89. The van der Waals surface area contributed by atoms with Crippen molar-refractivity contribution in [1.82, 2.24) is 5.32 Å². The minimum Gasteiger partial charge on any atom is -0.396 e. The maximum absolute atomic E-state index is 9.45. The van der Waals surface area contributed by atoms with Crippen LogP contribution in [0.15, 0.2) is 0 Å². The van der Waals surface area contributed by atoms with Crippen LogP contribution in [0.5, 0.6) is 0 Å². The van der Waals surface area contributed by atoms with Crippen LogP contribution < -0.4 is 5.32 Å². The summed E-state index contributed by atoms with van der Waals surface area (Å²) in [6.07, 6.45) is 9.23. The van der Waals surface area contributed by atoms with Gasteiger partial charge in [0, 0.05) is 18.7 Å². The van der Waals surface area contributed by atoms with Gasteiger partial charge in [0.15, 0.2) is 0 Å². The molecule has 0 spiro atoms. The fourth-order valence-corrected chi connectivity index (χ4v) is 4.12. The SMILES string of the molecule is CC(C)(C)C1CCCCC1NC1CCCC1CO. The summed E-state index contributed by atoms with van der Waals surface area (Å²) in [5, 5.41) is 13.4. The third-order valence-corrected chi connectivity index (χ3v) is 5.20. The predicted molar refractivity (Wildman–Crippen MR) is 76.6 cm³/mol. The van der Waals surface area contributed by atoms with E-state index in [1.165, 1.54) is 44.9 Å². The van der Waals surface area contributed by atoms with Crippen molar-refractivity contribution in [3.05, 3.63) is 0 Å². The Morgan fingerprint density at radius 1 is 0.944 bits per heavy atom. The van der Waals surface area contributed by atoms with Crippen molar-refractivity contribution in [1.29, 1.82) is 0 Å². The molecule has 0 saturated heterocycles. The summed E-state index contributed by atoms with van der Waals surface area (Å²) in [7, 11) is 0. The van der Waals surface area contributed by atoms with Gasteiger partial charge in [0.1, 0.15) is 0 Å². The number of aliphatic hydroxyl groups is 1. The van der Waals surface area contributed by atoms with Gasteiger partial charge in [-0.1, -0.05) is 40.0 Å². The standard InChI is InChI=1S/C16H31NO/c1-16(2,3)13-8-4-5-9-15(13)17-14-10-6-7-12(14)11-18/h12-15,17-18H,4-11H2,1-3H3. The molecule has 0 bridgehead atoms. The monoisotopic (exact) mass is 253 g/mol. The zero-order valence-corrected chi connectivity index (χ0v) is 12.4. The van der Waals surface area contributed by atoms with Crippen molar-refractivity contribution in [2.24, 2.45) is 17.3 Å². The minimum absolute atomic E-state index is 0.366. The quantitative estimate of drug-likeness (QED) is 0.808. The molecule has 2 nitrogen and oxygen atoms in total. The van der Waals surface area contributed by atoms with E-state index in [0.29, 0.717) is 30.0 Å². The van der Waals surface area contributed by atoms with Gasteiger partial charge in [-0.05, 0) is 42.9 Å². The number of rotatable bonds is 3. The van der Waals surface area contributed by atoms with Crippen molar-refractivity contribution in [3.8, 4) is 0 Å². The summed E-state index contributed by atoms with van der Waals surface area (Å²) >= 11 is 0. The Hall–Kier alpha value is -0.0800. The largest absolute Gasteiger partial charge is 0.396 e. The van der Waals surface area contributed by atoms with Gasteiger partial charge in [-0.2, -0.15) is 0 Å². The van der Waals surface area contributed by atoms with Gasteiger partial charge in [0.05, 0.1) is 0 Å². The highest BCUT2D eigenvalue weighted by molar-refractivity contribution is 4.92. The molecule has 0 radical (unpaired) electrons. The maximum atomic E-state index is 9.45. The fourth-order valence-electron chi connectivity index (χ4n) is 4.12. The molecule has 2 aliphatic rings. The van der Waals surface area contributed by atoms with Gasteiger partial charge in [-0.3, -0.25) is 0 Å². The summed E-state index contributed by atoms with van der Waals surface area (Å²) in [5.41, 5.74) is 0.408. The van der Waals surface area contributed by atoms with E-state index in [2.05, 4.69) is 26.1 Å². The highest BCUT2D eigenvalue weighted by Crippen LogP contribution is 2.39. The number of hydrogen-bond donors (Lipinski definition) is 2. The summed E-state index contributed by atoms with van der Waals surface area (Å²) in [6.45, 7) is 7.52. The van der Waals surface area contributed by atoms with Crippen molar-refractivity contribution in [2.75, 3.05) is 6.61 Å². The molecule has 2 aliphatic carbocycles. The molecule has 4 unspecified atom stereocenters. The Labute approximate surface area is 113 Å². The normalized spacial score (nSPS) is 38.0. The number of aliphatic hydroxyl groups excluding tert-OH is 1. The Morgan fingerprint density at radius 3 is 2.28 bits per heavy atom. The smallest absolute Gasteiger partial charge is 0.0474 e. The molecule has 2 fully saturated rings. The van der Waals surface area contributed by atoms with E-state index in [4.69, 9.17) is 0 Å². The molecule has 0 aromatic carbocycles. The second kappa shape index (κ2) is 5.92. The molecule has 0 aliphatic heterocycles. The van der Waals surface area contributed by atoms with Crippen molar-refractivity contribution >= 4 is 0 Å². The van der Waals surface area contributed by atoms with Crippen LogP contribution >= 0.6 is 0 Å². The van der Waals surface area contributed by atoms with Gasteiger partial charge in [-0.15, -0.1) is 0 Å². The first-order chi connectivity index (χ1) is 8.52. The first-order valence-electron chi connectivity index (χ1n) is 7.89. The molecule has 2 N–H and O–H groups in total. The van der Waals surface area contributed by atoms with Gasteiger partial charge >= 0.3 is 0 Å². The highest BCUT2D eigenvalue weighted by atomic mass is 16.3. The molecule has 0 heterocycles. The van der Waals surface area contributed by atoms with Crippen molar-refractivity contribution < 1.29 is 5.11 Å². The van der Waals surface area contributed by atoms with Crippen LogP contribution in [0.3, 0.4) is 0 Å². The fraction of sp³-hybridized carbons (Fsp3) is 1.00. The third-order valence-electron chi connectivity index (χ3n) is 5.20. The Bertz CT molecular complexity index is 258. The number of nitrogens with one attached hydrogen (secondary N) is 1. The van der Waals surface area contributed by atoms with E-state index in [1.807, 2.05) is 0 Å². The Balaban J connectivity index is 1.97. The van der Waals surface area contributed by atoms with E-state index in [-0.39, 0.29) is 0 Å². The maximum Gasteiger partial charge on any atom is 0.0474 e. The van der Waals surface area contributed by atoms with Gasteiger partial charge in [0.2, 0.25) is 0 Å². The number of hydrogen-bond acceptors (Lipinski definition) is 2. The third kappa shape index (κ3) is 3.27. The molecule has 18 heavy (non-hydrogen) atoms. The molecule has 4 atom stereocenters. The Morgan fingerprint density at radius 2 is 1.61 bits per heavy atom. The Kier molecular flexibility index (Phi) is 4.71. The lowest BCUT2D eigenvalue weighted by Gasteiger charge is -2.42. The van der Waals surface area contributed by atoms with E-state index in [9.17, 15) is 5.11 Å². The lowest BCUT2D eigenvalue weighted by molar-refractivity contribution is 0.110. The van der Waals surface area contributed by atoms with Gasteiger partial charge in [0.25, 0.3) is 0 Å². The van der Waals surface area contributed by atoms with Gasteiger partial charge in [-0.25, -0.2) is 0 Å². The zero-order chi connectivity index (χ0) is 13.2. The molecular weight excluding hydrogens is 222 g/mol. The van der Waals surface area contributed by atoms with E-state index in [1.54, 1.807) is 0 Å². The second-order valence-electron chi connectivity index (χ2n) is 7.51. The predicted octanol–water partition coefficient (Wildman–Crippen LogP) is 3.34. The summed E-state index contributed by atoms with van der Waals surface area (Å²) < 4.78 is 0. The highest BCUT2D eigenvalue weighted by Gasteiger charge is 2.37. The molecule has 0 aromatic rings. The lowest BCUT2D eigenvalue weighted by Crippen LogP contribution is -2.49. The van der Waals surface area contributed by atoms with Crippen molar-refractivity contribution in [2.45, 2.75) is 77.8 Å². The van der Waals surface area contributed by atoms with Crippen LogP contribution in [0.1, 0.15) is 65.7 Å². The van der Waals surface area contributed by atoms with Crippen LogP contribution in [0.4, 0.5) is 0 Å². The molecule has 0 amide bonds. The lowest BCUT2D eigenvalue weighted by atomic mass is 9.69. The van der Waals surface area contributed by atoms with Crippen LogP contribution in [-0.2, 0) is 0 Å². The van der Waals surface area contributed by atoms with Crippen molar-refractivity contribution in [3.63, 3.8) is 0 Å². The summed E-state index contributed by atoms with van der Waals surface area (Å²) in [6, 6.07) is 1.25. The minimum atomic E-state index is 0.366. The molecule has 106 valence electrons. The molecule has 2 heteroatoms. The molecule has 0 aromatic heterocycles. The van der Waals surface area contributed by atoms with E-state index >= 15 is 0 Å². The molecule has 2 saturated carbocycles. The zero-order valence-electron chi connectivity index (χ0n) is 12.4. The average Bonchev–Trinajstić information content (AvgIpc) is 2.75.